The lowest BCUT2D eigenvalue weighted by Gasteiger charge is -2.23. The van der Waals surface area contributed by atoms with E-state index in [0.29, 0.717) is 6.42 Å². The molecule has 0 aliphatic rings. The average molecular weight is 397 g/mol. The monoisotopic (exact) mass is 396 g/mol. The minimum atomic E-state index is -3.33. The third-order valence-corrected chi connectivity index (χ3v) is 3.96. The minimum absolute atomic E-state index is 0.414. The van der Waals surface area contributed by atoms with Gasteiger partial charge in [-0.1, -0.05) is 36.4 Å². The summed E-state index contributed by atoms with van der Waals surface area (Å²) in [4.78, 5) is 24.2. The summed E-state index contributed by atoms with van der Waals surface area (Å²) in [6.45, 7) is 6.70. The largest absolute Gasteiger partial charge is 0.444 e. The van der Waals surface area contributed by atoms with Crippen LogP contribution in [0.1, 0.15) is 33.3 Å². The molecule has 0 heterocycles. The van der Waals surface area contributed by atoms with Gasteiger partial charge in [0.1, 0.15) is 11.6 Å². The van der Waals surface area contributed by atoms with Crippen LogP contribution in [0.15, 0.2) is 41.8 Å². The van der Waals surface area contributed by atoms with Crippen LogP contribution in [0.2, 0.25) is 0 Å². The number of benzene rings is 1. The van der Waals surface area contributed by atoms with Crippen LogP contribution in [-0.4, -0.2) is 44.4 Å². The first-order valence-electron chi connectivity index (χ1n) is 8.58. The number of amides is 2. The number of carbonyl (C=O) groups is 2. The zero-order chi connectivity index (χ0) is 20.7. The fourth-order valence-corrected chi connectivity index (χ4v) is 2.61. The Morgan fingerprint density at radius 1 is 1.15 bits per heavy atom. The standard InChI is InChI=1S/C19H28N2O5S/c1-14(20-18(23)26-19(2,3)4)17(22)21-16(11-12-27(5,24)25)13-15-9-7-6-8-10-15/h6-12,14,16H,13H2,1-5H3,(H,20,23)(H,21,22)/b12-11+/t14-,16+/m0/s1. The zero-order valence-corrected chi connectivity index (χ0v) is 17.2. The first kappa shape index (κ1) is 22.7. The summed E-state index contributed by atoms with van der Waals surface area (Å²) in [5, 5.41) is 6.27. The van der Waals surface area contributed by atoms with Gasteiger partial charge in [0.15, 0.2) is 9.84 Å². The maximum atomic E-state index is 12.4. The molecule has 0 radical (unpaired) electrons. The van der Waals surface area contributed by atoms with Gasteiger partial charge in [-0.25, -0.2) is 13.2 Å². The predicted octanol–water partition coefficient (Wildman–Crippen LogP) is 2.19. The normalized spacial score (nSPS) is 14.4. The minimum Gasteiger partial charge on any atom is -0.444 e. The number of ether oxygens (including phenoxy) is 1. The van der Waals surface area contributed by atoms with Crippen molar-refractivity contribution in [2.75, 3.05) is 6.26 Å². The number of carbonyl (C=O) groups excluding carboxylic acids is 2. The van der Waals surface area contributed by atoms with E-state index in [9.17, 15) is 18.0 Å². The lowest BCUT2D eigenvalue weighted by atomic mass is 10.1. The fourth-order valence-electron chi connectivity index (χ4n) is 2.13. The van der Waals surface area contributed by atoms with Crippen LogP contribution in [-0.2, 0) is 25.8 Å². The molecule has 150 valence electrons. The van der Waals surface area contributed by atoms with Gasteiger partial charge in [0.25, 0.3) is 0 Å². The predicted molar refractivity (Wildman–Crippen MR) is 105 cm³/mol. The third-order valence-electron chi connectivity index (χ3n) is 3.31. The Hall–Kier alpha value is -2.35. The van der Waals surface area contributed by atoms with Crippen molar-refractivity contribution in [1.29, 1.82) is 0 Å². The van der Waals surface area contributed by atoms with Crippen molar-refractivity contribution in [2.24, 2.45) is 0 Å². The summed E-state index contributed by atoms with van der Waals surface area (Å²) in [6, 6.07) is 7.98. The van der Waals surface area contributed by atoms with E-state index in [2.05, 4.69) is 10.6 Å². The van der Waals surface area contributed by atoms with Crippen LogP contribution in [0.3, 0.4) is 0 Å². The van der Waals surface area contributed by atoms with Gasteiger partial charge in [-0.05, 0) is 39.7 Å². The Morgan fingerprint density at radius 3 is 2.26 bits per heavy atom. The van der Waals surface area contributed by atoms with Crippen LogP contribution >= 0.6 is 0 Å². The van der Waals surface area contributed by atoms with Gasteiger partial charge >= 0.3 is 6.09 Å². The third kappa shape index (κ3) is 10.4. The highest BCUT2D eigenvalue weighted by Crippen LogP contribution is 2.08. The highest BCUT2D eigenvalue weighted by Gasteiger charge is 2.22. The van der Waals surface area contributed by atoms with Crippen LogP contribution in [0.4, 0.5) is 4.79 Å². The van der Waals surface area contributed by atoms with Crippen molar-refractivity contribution < 1.29 is 22.7 Å². The van der Waals surface area contributed by atoms with Crippen LogP contribution in [0.25, 0.3) is 0 Å². The summed E-state index contributed by atoms with van der Waals surface area (Å²) in [6.07, 6.45) is 2.23. The molecule has 0 aromatic heterocycles. The van der Waals surface area contributed by atoms with Crippen molar-refractivity contribution in [1.82, 2.24) is 10.6 Å². The second-order valence-electron chi connectivity index (χ2n) is 7.33. The molecule has 7 nitrogen and oxygen atoms in total. The molecule has 0 saturated carbocycles. The molecule has 27 heavy (non-hydrogen) atoms. The lowest BCUT2D eigenvalue weighted by Crippen LogP contribution is -2.49. The Morgan fingerprint density at radius 2 is 1.74 bits per heavy atom. The average Bonchev–Trinajstić information content (AvgIpc) is 2.50. The molecule has 0 aliphatic heterocycles. The van der Waals surface area contributed by atoms with E-state index in [0.717, 1.165) is 17.2 Å². The molecule has 2 N–H and O–H groups in total. The molecular weight excluding hydrogens is 368 g/mol. The van der Waals surface area contributed by atoms with Crippen molar-refractivity contribution in [3.63, 3.8) is 0 Å². The number of alkyl carbamates (subject to hydrolysis) is 1. The number of hydrogen-bond acceptors (Lipinski definition) is 5. The van der Waals surface area contributed by atoms with E-state index >= 15 is 0 Å². The van der Waals surface area contributed by atoms with E-state index in [1.807, 2.05) is 30.3 Å². The van der Waals surface area contributed by atoms with Crippen molar-refractivity contribution in [3.05, 3.63) is 47.4 Å². The zero-order valence-electron chi connectivity index (χ0n) is 16.4. The first-order chi connectivity index (χ1) is 12.4. The first-order valence-corrected chi connectivity index (χ1v) is 10.5. The molecule has 1 aromatic carbocycles. The van der Waals surface area contributed by atoms with E-state index in [4.69, 9.17) is 4.74 Å². The molecule has 0 saturated heterocycles. The second-order valence-corrected chi connectivity index (χ2v) is 9.26. The quantitative estimate of drug-likeness (QED) is 0.736. The van der Waals surface area contributed by atoms with Gasteiger partial charge in [0, 0.05) is 11.7 Å². The van der Waals surface area contributed by atoms with Gasteiger partial charge in [0.2, 0.25) is 5.91 Å². The molecule has 0 aliphatic carbocycles. The van der Waals surface area contributed by atoms with Crippen molar-refractivity contribution in [2.45, 2.75) is 51.8 Å². The van der Waals surface area contributed by atoms with Crippen molar-refractivity contribution in [3.8, 4) is 0 Å². The number of nitrogens with one attached hydrogen (secondary N) is 2. The molecule has 0 bridgehead atoms. The van der Waals surface area contributed by atoms with Crippen molar-refractivity contribution >= 4 is 21.8 Å². The van der Waals surface area contributed by atoms with E-state index < -0.39 is 39.5 Å². The second kappa shape index (κ2) is 9.55. The maximum absolute atomic E-state index is 12.4. The van der Waals surface area contributed by atoms with Gasteiger partial charge in [-0.15, -0.1) is 0 Å². The van der Waals surface area contributed by atoms with E-state index in [-0.39, 0.29) is 0 Å². The molecule has 2 atom stereocenters. The summed E-state index contributed by atoms with van der Waals surface area (Å²) in [5.41, 5.74) is 0.266. The fraction of sp³-hybridized carbons (Fsp3) is 0.474. The summed E-state index contributed by atoms with van der Waals surface area (Å²) >= 11 is 0. The van der Waals surface area contributed by atoms with Gasteiger partial charge < -0.3 is 15.4 Å². The van der Waals surface area contributed by atoms with E-state index in [1.165, 1.54) is 13.0 Å². The molecule has 1 aromatic rings. The number of hydrogen-bond donors (Lipinski definition) is 2. The molecule has 0 spiro atoms. The van der Waals surface area contributed by atoms with Crippen LogP contribution in [0, 0.1) is 0 Å². The van der Waals surface area contributed by atoms with Crippen LogP contribution < -0.4 is 10.6 Å². The summed E-state index contributed by atoms with van der Waals surface area (Å²) in [5.74, 6) is -0.444. The molecule has 1 rings (SSSR count). The molecule has 0 fully saturated rings. The highest BCUT2D eigenvalue weighted by atomic mass is 32.2. The maximum Gasteiger partial charge on any atom is 0.408 e. The highest BCUT2D eigenvalue weighted by molar-refractivity contribution is 7.93. The van der Waals surface area contributed by atoms with Gasteiger partial charge in [-0.2, -0.15) is 0 Å². The number of sulfone groups is 1. The summed E-state index contributed by atoms with van der Waals surface area (Å²) in [7, 11) is -3.33. The SMILES string of the molecule is C[C@H](NC(=O)OC(C)(C)C)C(=O)N[C@H](/C=C/S(C)(=O)=O)Cc1ccccc1. The molecule has 8 heteroatoms. The van der Waals surface area contributed by atoms with Gasteiger partial charge in [-0.3, -0.25) is 4.79 Å². The molecular formula is C19H28N2O5S. The lowest BCUT2D eigenvalue weighted by molar-refractivity contribution is -0.123. The Labute approximate surface area is 161 Å². The van der Waals surface area contributed by atoms with Crippen LogP contribution in [0.5, 0.6) is 0 Å². The Kier molecular flexibility index (Phi) is 8.02. The van der Waals surface area contributed by atoms with Gasteiger partial charge in [0.05, 0.1) is 6.04 Å². The Bertz CT molecular complexity index is 767. The molecule has 0 unspecified atom stereocenters. The summed E-state index contributed by atoms with van der Waals surface area (Å²) < 4.78 is 28.0. The van der Waals surface area contributed by atoms with E-state index in [1.54, 1.807) is 20.8 Å². The number of rotatable bonds is 7. The Balaban J connectivity index is 2.79. The smallest absolute Gasteiger partial charge is 0.408 e. The topological polar surface area (TPSA) is 102 Å². The molecule has 2 amide bonds.